The van der Waals surface area contributed by atoms with Gasteiger partial charge in [-0.05, 0) is 32.0 Å². The molecule has 0 saturated heterocycles. The maximum Gasteiger partial charge on any atom is 0.243 e. The van der Waals surface area contributed by atoms with E-state index < -0.39 is 15.3 Å². The molecule has 3 rings (SSSR count). The van der Waals surface area contributed by atoms with Crippen LogP contribution in [0.4, 0.5) is 5.95 Å². The fourth-order valence-electron chi connectivity index (χ4n) is 2.68. The smallest absolute Gasteiger partial charge is 0.243 e. The third-order valence-corrected chi connectivity index (χ3v) is 6.01. The molecule has 160 valence electrons. The Kier molecular flexibility index (Phi) is 6.11. The summed E-state index contributed by atoms with van der Waals surface area (Å²) in [5.74, 6) is 1.49. The predicted molar refractivity (Wildman–Crippen MR) is 112 cm³/mol. The van der Waals surface area contributed by atoms with E-state index in [2.05, 4.69) is 19.9 Å². The van der Waals surface area contributed by atoms with Gasteiger partial charge in [-0.2, -0.15) is 0 Å². The number of nitrogens with one attached hydrogen (secondary N) is 1. The minimum absolute atomic E-state index is 0.0221. The van der Waals surface area contributed by atoms with Gasteiger partial charge in [-0.1, -0.05) is 12.1 Å². The van der Waals surface area contributed by atoms with Gasteiger partial charge in [0.05, 0.1) is 26.6 Å². The van der Waals surface area contributed by atoms with Crippen molar-refractivity contribution in [1.82, 2.24) is 19.7 Å². The van der Waals surface area contributed by atoms with Gasteiger partial charge in [-0.25, -0.2) is 13.4 Å². The van der Waals surface area contributed by atoms with Crippen LogP contribution in [0.2, 0.25) is 0 Å². The van der Waals surface area contributed by atoms with Crippen LogP contribution in [0.25, 0.3) is 17.2 Å². The molecule has 0 atom stereocenters. The molecule has 0 aliphatic carbocycles. The summed E-state index contributed by atoms with van der Waals surface area (Å²) in [5, 5.41) is 7.58. The summed E-state index contributed by atoms with van der Waals surface area (Å²) in [6.07, 6.45) is 0. The highest BCUT2D eigenvalue weighted by atomic mass is 32.2. The van der Waals surface area contributed by atoms with Gasteiger partial charge in [-0.15, -0.1) is 10.2 Å². The van der Waals surface area contributed by atoms with Gasteiger partial charge in [0.2, 0.25) is 21.9 Å². The highest BCUT2D eigenvalue weighted by Gasteiger charge is 2.26. The first-order chi connectivity index (χ1) is 14.3. The number of methoxy groups -OCH3 is 3. The molecule has 0 radical (unpaired) electrons. The van der Waals surface area contributed by atoms with E-state index in [0.717, 1.165) is 0 Å². The molecule has 1 N–H and O–H groups in total. The number of ether oxygens (including phenoxy) is 3. The third kappa shape index (κ3) is 4.01. The van der Waals surface area contributed by atoms with Crippen molar-refractivity contribution in [3.63, 3.8) is 0 Å². The van der Waals surface area contributed by atoms with Crippen molar-refractivity contribution < 1.29 is 22.6 Å². The van der Waals surface area contributed by atoms with Crippen LogP contribution in [0, 0.1) is 0 Å². The van der Waals surface area contributed by atoms with Gasteiger partial charge in [0.1, 0.15) is 22.9 Å². The van der Waals surface area contributed by atoms with E-state index in [0.29, 0.717) is 28.8 Å². The molecule has 30 heavy (non-hydrogen) atoms. The predicted octanol–water partition coefficient (Wildman–Crippen LogP) is 2.51. The first kappa shape index (κ1) is 21.4. The topological polar surface area (TPSA) is 117 Å². The molecule has 0 saturated carbocycles. The van der Waals surface area contributed by atoms with E-state index in [9.17, 15) is 8.42 Å². The number of benzene rings is 1. The Hall–Kier alpha value is -3.34. The molecule has 0 fully saturated rings. The molecule has 0 aliphatic rings. The van der Waals surface area contributed by atoms with E-state index in [1.54, 1.807) is 50.2 Å². The second kappa shape index (κ2) is 8.57. The van der Waals surface area contributed by atoms with Crippen molar-refractivity contribution in [3.8, 4) is 34.6 Å². The molecule has 3 aromatic rings. The number of sulfonamides is 1. The summed E-state index contributed by atoms with van der Waals surface area (Å²) in [7, 11) is 0.808. The summed E-state index contributed by atoms with van der Waals surface area (Å²) in [4.78, 5) is 4.40. The first-order valence-electron chi connectivity index (χ1n) is 9.02. The van der Waals surface area contributed by atoms with Gasteiger partial charge >= 0.3 is 0 Å². The SMILES string of the molecule is COc1cccc(-c2nnc(NS(=O)(=O)C(C)C)n2-c2c(OC)cccc2OC)n1. The van der Waals surface area contributed by atoms with Crippen LogP contribution in [0.1, 0.15) is 13.8 Å². The highest BCUT2D eigenvalue weighted by Crippen LogP contribution is 2.37. The molecule has 0 spiro atoms. The molecule has 0 unspecified atom stereocenters. The van der Waals surface area contributed by atoms with Gasteiger partial charge < -0.3 is 14.2 Å². The van der Waals surface area contributed by atoms with Crippen molar-refractivity contribution in [2.24, 2.45) is 0 Å². The number of hydrogen-bond donors (Lipinski definition) is 1. The zero-order valence-electron chi connectivity index (χ0n) is 17.3. The fraction of sp³-hybridized carbons (Fsp3) is 0.316. The third-order valence-electron chi connectivity index (χ3n) is 4.30. The Morgan fingerprint density at radius 1 is 0.933 bits per heavy atom. The normalized spacial score (nSPS) is 11.4. The molecule has 2 heterocycles. The van der Waals surface area contributed by atoms with Crippen molar-refractivity contribution in [2.75, 3.05) is 26.1 Å². The molecule has 0 bridgehead atoms. The lowest BCUT2D eigenvalue weighted by molar-refractivity contribution is 0.391. The lowest BCUT2D eigenvalue weighted by Crippen LogP contribution is -2.24. The lowest BCUT2D eigenvalue weighted by atomic mass is 10.2. The summed E-state index contributed by atoms with van der Waals surface area (Å²) in [6.45, 7) is 3.13. The van der Waals surface area contributed by atoms with Gasteiger partial charge in [0.25, 0.3) is 0 Å². The zero-order chi connectivity index (χ0) is 21.9. The Bertz CT molecular complexity index is 1120. The maximum atomic E-state index is 12.5. The van der Waals surface area contributed by atoms with E-state index in [1.807, 2.05) is 0 Å². The van der Waals surface area contributed by atoms with Gasteiger partial charge in [-0.3, -0.25) is 9.29 Å². The van der Waals surface area contributed by atoms with E-state index in [-0.39, 0.29) is 11.8 Å². The van der Waals surface area contributed by atoms with Crippen molar-refractivity contribution >= 4 is 16.0 Å². The van der Waals surface area contributed by atoms with Crippen LogP contribution in [0.15, 0.2) is 36.4 Å². The standard InChI is InChI=1S/C19H23N5O5S/c1-12(2)30(25,26)23-19-22-21-18(13-8-6-11-16(20-13)29-5)24(19)17-14(27-3)9-7-10-15(17)28-4/h6-12H,1-5H3,(H,22,23). The van der Waals surface area contributed by atoms with Crippen LogP contribution < -0.4 is 18.9 Å². The monoisotopic (exact) mass is 433 g/mol. The Morgan fingerprint density at radius 3 is 2.13 bits per heavy atom. The quantitative estimate of drug-likeness (QED) is 0.576. The number of aromatic nitrogens is 4. The van der Waals surface area contributed by atoms with Crippen LogP contribution in [-0.4, -0.2) is 54.7 Å². The average molecular weight is 433 g/mol. The number of pyridine rings is 1. The fourth-order valence-corrected chi connectivity index (χ4v) is 3.30. The average Bonchev–Trinajstić information content (AvgIpc) is 3.15. The Labute approximate surface area is 174 Å². The molecular weight excluding hydrogens is 410 g/mol. The zero-order valence-corrected chi connectivity index (χ0v) is 18.1. The second-order valence-corrected chi connectivity index (χ2v) is 8.69. The number of para-hydroxylation sites is 1. The van der Waals surface area contributed by atoms with Gasteiger partial charge in [0.15, 0.2) is 5.82 Å². The van der Waals surface area contributed by atoms with E-state index in [1.165, 1.54) is 25.9 Å². The summed E-state index contributed by atoms with van der Waals surface area (Å²) in [5.41, 5.74) is 0.846. The van der Waals surface area contributed by atoms with Gasteiger partial charge in [0, 0.05) is 6.07 Å². The first-order valence-corrected chi connectivity index (χ1v) is 10.6. The van der Waals surface area contributed by atoms with Crippen LogP contribution >= 0.6 is 0 Å². The second-order valence-electron chi connectivity index (χ2n) is 6.45. The van der Waals surface area contributed by atoms with Crippen LogP contribution in [-0.2, 0) is 10.0 Å². The maximum absolute atomic E-state index is 12.5. The molecule has 10 nitrogen and oxygen atoms in total. The summed E-state index contributed by atoms with van der Waals surface area (Å²) < 4.78 is 45.3. The van der Waals surface area contributed by atoms with Crippen LogP contribution in [0.5, 0.6) is 17.4 Å². The minimum Gasteiger partial charge on any atom is -0.494 e. The highest BCUT2D eigenvalue weighted by molar-refractivity contribution is 7.93. The largest absolute Gasteiger partial charge is 0.494 e. The molecule has 1 aromatic carbocycles. The number of nitrogens with zero attached hydrogens (tertiary/aromatic N) is 4. The van der Waals surface area contributed by atoms with Crippen molar-refractivity contribution in [1.29, 1.82) is 0 Å². The van der Waals surface area contributed by atoms with Crippen molar-refractivity contribution in [3.05, 3.63) is 36.4 Å². The Balaban J connectivity index is 2.32. The summed E-state index contributed by atoms with van der Waals surface area (Å²) >= 11 is 0. The number of anilines is 1. The molecule has 0 amide bonds. The molecular formula is C19H23N5O5S. The molecule has 0 aliphatic heterocycles. The lowest BCUT2D eigenvalue weighted by Gasteiger charge is -2.18. The summed E-state index contributed by atoms with van der Waals surface area (Å²) in [6, 6.07) is 10.4. The molecule has 2 aromatic heterocycles. The minimum atomic E-state index is -3.70. The van der Waals surface area contributed by atoms with Crippen molar-refractivity contribution in [2.45, 2.75) is 19.1 Å². The number of hydrogen-bond acceptors (Lipinski definition) is 8. The number of rotatable bonds is 8. The Morgan fingerprint density at radius 2 is 1.57 bits per heavy atom. The van der Waals surface area contributed by atoms with Crippen LogP contribution in [0.3, 0.4) is 0 Å². The van der Waals surface area contributed by atoms with E-state index in [4.69, 9.17) is 14.2 Å². The van der Waals surface area contributed by atoms with E-state index >= 15 is 0 Å². The molecule has 11 heteroatoms.